The van der Waals surface area contributed by atoms with Crippen LogP contribution in [0.3, 0.4) is 0 Å². The highest BCUT2D eigenvalue weighted by Gasteiger charge is 2.23. The second kappa shape index (κ2) is 8.49. The minimum Gasteiger partial charge on any atom is -0.449 e. The molecule has 2 aromatic rings. The Labute approximate surface area is 163 Å². The first-order valence-corrected chi connectivity index (χ1v) is 9.77. The van der Waals surface area contributed by atoms with Crippen molar-refractivity contribution < 1.29 is 27.1 Å². The number of halogens is 1. The molecule has 0 radical (unpaired) electrons. The van der Waals surface area contributed by atoms with Crippen LogP contribution >= 0.6 is 0 Å². The number of nitrogens with zero attached hydrogens (tertiary/aromatic N) is 1. The summed E-state index contributed by atoms with van der Waals surface area (Å²) < 4.78 is 43.9. The fourth-order valence-electron chi connectivity index (χ4n) is 2.28. The van der Waals surface area contributed by atoms with Gasteiger partial charge in [0.05, 0.1) is 10.5 Å². The zero-order chi connectivity index (χ0) is 21.1. The van der Waals surface area contributed by atoms with Crippen molar-refractivity contribution in [3.05, 3.63) is 59.4 Å². The van der Waals surface area contributed by atoms with Gasteiger partial charge in [0, 0.05) is 19.8 Å². The lowest BCUT2D eigenvalue weighted by molar-refractivity contribution is -0.123. The Balaban J connectivity index is 2.16. The van der Waals surface area contributed by atoms with E-state index in [0.717, 1.165) is 10.4 Å². The number of hydrogen-bond donors (Lipinski definition) is 1. The van der Waals surface area contributed by atoms with Gasteiger partial charge < -0.3 is 10.1 Å². The topological polar surface area (TPSA) is 92.8 Å². The van der Waals surface area contributed by atoms with E-state index in [1.165, 1.54) is 57.4 Å². The molecule has 0 bridgehead atoms. The number of amides is 1. The first kappa shape index (κ1) is 21.5. The van der Waals surface area contributed by atoms with Crippen molar-refractivity contribution in [2.45, 2.75) is 24.8 Å². The molecule has 0 spiro atoms. The molecule has 2 aromatic carbocycles. The molecule has 0 saturated heterocycles. The number of sulfonamides is 1. The zero-order valence-corrected chi connectivity index (χ0v) is 16.7. The van der Waals surface area contributed by atoms with Gasteiger partial charge in [-0.25, -0.2) is 21.9 Å². The summed E-state index contributed by atoms with van der Waals surface area (Å²) in [5, 5.41) is 2.45. The number of esters is 1. The van der Waals surface area contributed by atoms with Gasteiger partial charge in [-0.2, -0.15) is 0 Å². The highest BCUT2D eigenvalue weighted by Crippen LogP contribution is 2.19. The summed E-state index contributed by atoms with van der Waals surface area (Å²) >= 11 is 0. The van der Waals surface area contributed by atoms with Crippen LogP contribution < -0.4 is 5.32 Å². The highest BCUT2D eigenvalue weighted by atomic mass is 32.2. The van der Waals surface area contributed by atoms with Crippen LogP contribution in [0.2, 0.25) is 0 Å². The zero-order valence-electron chi connectivity index (χ0n) is 15.9. The molecule has 0 heterocycles. The van der Waals surface area contributed by atoms with Crippen LogP contribution in [0.5, 0.6) is 0 Å². The molecule has 0 aromatic heterocycles. The number of benzene rings is 2. The molecule has 0 saturated carbocycles. The molecule has 1 amide bonds. The van der Waals surface area contributed by atoms with Crippen LogP contribution in [0.4, 0.5) is 10.1 Å². The van der Waals surface area contributed by atoms with Crippen LogP contribution in [0, 0.1) is 12.7 Å². The van der Waals surface area contributed by atoms with E-state index in [9.17, 15) is 22.4 Å². The fraction of sp³-hybridized carbons (Fsp3) is 0.263. The van der Waals surface area contributed by atoms with Crippen molar-refractivity contribution in [2.75, 3.05) is 19.4 Å². The van der Waals surface area contributed by atoms with E-state index in [1.54, 1.807) is 6.92 Å². The summed E-state index contributed by atoms with van der Waals surface area (Å²) in [6.07, 6.45) is -1.18. The van der Waals surface area contributed by atoms with E-state index in [0.29, 0.717) is 5.56 Å². The lowest BCUT2D eigenvalue weighted by Gasteiger charge is -2.16. The van der Waals surface area contributed by atoms with Crippen LogP contribution in [0.15, 0.2) is 47.4 Å². The van der Waals surface area contributed by atoms with E-state index in [1.807, 2.05) is 0 Å². The first-order valence-electron chi connectivity index (χ1n) is 8.33. The molecule has 28 heavy (non-hydrogen) atoms. The number of nitrogens with one attached hydrogen (secondary N) is 1. The quantitative estimate of drug-likeness (QED) is 0.742. The van der Waals surface area contributed by atoms with Gasteiger partial charge in [-0.3, -0.25) is 4.79 Å². The van der Waals surface area contributed by atoms with E-state index < -0.39 is 33.8 Å². The van der Waals surface area contributed by atoms with Crippen LogP contribution in [0.25, 0.3) is 0 Å². The molecule has 2 rings (SSSR count). The third kappa shape index (κ3) is 4.93. The van der Waals surface area contributed by atoms with Crippen molar-refractivity contribution in [3.63, 3.8) is 0 Å². The smallest absolute Gasteiger partial charge is 0.339 e. The maximum atomic E-state index is 13.2. The lowest BCUT2D eigenvalue weighted by atomic mass is 10.1. The molecule has 9 heteroatoms. The van der Waals surface area contributed by atoms with Crippen molar-refractivity contribution >= 4 is 27.6 Å². The lowest BCUT2D eigenvalue weighted by Crippen LogP contribution is -2.30. The maximum Gasteiger partial charge on any atom is 0.339 e. The molecule has 0 aliphatic carbocycles. The molecular formula is C19H21FN2O5S. The van der Waals surface area contributed by atoms with E-state index in [4.69, 9.17) is 4.74 Å². The number of hydrogen-bond acceptors (Lipinski definition) is 5. The molecule has 0 aliphatic rings. The van der Waals surface area contributed by atoms with Crippen molar-refractivity contribution in [1.82, 2.24) is 4.31 Å². The number of anilines is 1. The number of aryl methyl sites for hydroxylation is 1. The average molecular weight is 408 g/mol. The van der Waals surface area contributed by atoms with E-state index in [2.05, 4.69) is 5.32 Å². The minimum atomic E-state index is -3.73. The SMILES string of the molecule is Cc1ccc(S(=O)(=O)N(C)C)cc1C(=O)O[C@@H](C)C(=O)Nc1cccc(F)c1. The van der Waals surface area contributed by atoms with Crippen LogP contribution in [0.1, 0.15) is 22.8 Å². The molecule has 0 unspecified atom stereocenters. The highest BCUT2D eigenvalue weighted by molar-refractivity contribution is 7.89. The summed E-state index contributed by atoms with van der Waals surface area (Å²) in [4.78, 5) is 24.6. The number of rotatable bonds is 6. The second-order valence-corrected chi connectivity index (χ2v) is 8.46. The van der Waals surface area contributed by atoms with Crippen molar-refractivity contribution in [3.8, 4) is 0 Å². The van der Waals surface area contributed by atoms with Crippen LogP contribution in [-0.2, 0) is 19.6 Å². The van der Waals surface area contributed by atoms with Gasteiger partial charge in [-0.15, -0.1) is 0 Å². The third-order valence-corrected chi connectivity index (χ3v) is 5.76. The summed E-state index contributed by atoms with van der Waals surface area (Å²) in [7, 11) is -0.967. The Kier molecular flexibility index (Phi) is 6.52. The maximum absolute atomic E-state index is 13.2. The van der Waals surface area contributed by atoms with Crippen LogP contribution in [-0.4, -0.2) is 44.8 Å². The van der Waals surface area contributed by atoms with Crippen molar-refractivity contribution in [2.24, 2.45) is 0 Å². The second-order valence-electron chi connectivity index (χ2n) is 6.31. The Hall–Kier alpha value is -2.78. The molecule has 1 atom stereocenters. The third-order valence-electron chi connectivity index (χ3n) is 3.95. The Bertz CT molecular complexity index is 1010. The largest absolute Gasteiger partial charge is 0.449 e. The van der Waals surface area contributed by atoms with Gasteiger partial charge in [-0.05, 0) is 49.7 Å². The number of carbonyl (C=O) groups excluding carboxylic acids is 2. The summed E-state index contributed by atoms with van der Waals surface area (Å²) in [5.74, 6) is -2.00. The normalized spacial score (nSPS) is 12.5. The Morgan fingerprint density at radius 2 is 1.82 bits per heavy atom. The monoisotopic (exact) mass is 408 g/mol. The first-order chi connectivity index (χ1) is 13.0. The molecule has 0 fully saturated rings. The summed E-state index contributed by atoms with van der Waals surface area (Å²) in [6, 6.07) is 9.38. The van der Waals surface area contributed by atoms with Gasteiger partial charge in [0.1, 0.15) is 5.82 Å². The fourth-order valence-corrected chi connectivity index (χ4v) is 3.21. The Morgan fingerprint density at radius 3 is 2.43 bits per heavy atom. The molecule has 1 N–H and O–H groups in total. The van der Waals surface area contributed by atoms with Gasteiger partial charge in [0.25, 0.3) is 5.91 Å². The molecule has 7 nitrogen and oxygen atoms in total. The predicted molar refractivity (Wildman–Crippen MR) is 102 cm³/mol. The average Bonchev–Trinajstić information content (AvgIpc) is 2.61. The van der Waals surface area contributed by atoms with Gasteiger partial charge in [0.15, 0.2) is 6.10 Å². The van der Waals surface area contributed by atoms with E-state index >= 15 is 0 Å². The van der Waals surface area contributed by atoms with E-state index in [-0.39, 0.29) is 16.1 Å². The summed E-state index contributed by atoms with van der Waals surface area (Å²) in [5.41, 5.74) is 0.761. The van der Waals surface area contributed by atoms with Gasteiger partial charge in [0.2, 0.25) is 10.0 Å². The molecular weight excluding hydrogens is 387 g/mol. The Morgan fingerprint density at radius 1 is 1.14 bits per heavy atom. The molecule has 150 valence electrons. The predicted octanol–water partition coefficient (Wildman–Crippen LogP) is 2.57. The van der Waals surface area contributed by atoms with Gasteiger partial charge in [-0.1, -0.05) is 12.1 Å². The molecule has 0 aliphatic heterocycles. The standard InChI is InChI=1S/C19H21FN2O5S/c1-12-8-9-16(28(25,26)22(3)4)11-17(12)19(24)27-13(2)18(23)21-15-7-5-6-14(20)10-15/h5-11,13H,1-4H3,(H,21,23)/t13-/m0/s1. The van der Waals surface area contributed by atoms with Gasteiger partial charge >= 0.3 is 5.97 Å². The van der Waals surface area contributed by atoms with Crippen molar-refractivity contribution in [1.29, 1.82) is 0 Å². The minimum absolute atomic E-state index is 0.0355. The number of carbonyl (C=O) groups is 2. The number of ether oxygens (including phenoxy) is 1. The summed E-state index contributed by atoms with van der Waals surface area (Å²) in [6.45, 7) is 2.99.